The molecule has 1 aliphatic carbocycles. The van der Waals surface area contributed by atoms with Crippen LogP contribution < -0.4 is 0 Å². The third kappa shape index (κ3) is 5.21. The average Bonchev–Trinajstić information content (AvgIpc) is 3.59. The molecule has 7 nitrogen and oxygen atoms in total. The van der Waals surface area contributed by atoms with Gasteiger partial charge in [-0.2, -0.15) is 5.10 Å². The number of aromatic nitrogens is 3. The second-order valence-corrected chi connectivity index (χ2v) is 9.65. The molecule has 2 saturated heterocycles. The normalized spacial score (nSPS) is 22.3. The Morgan fingerprint density at radius 1 is 1.09 bits per heavy atom. The van der Waals surface area contributed by atoms with Gasteiger partial charge in [0.25, 0.3) is 0 Å². The summed E-state index contributed by atoms with van der Waals surface area (Å²) < 4.78 is 7.60. The number of rotatable bonds is 8. The molecule has 3 heterocycles. The highest BCUT2D eigenvalue weighted by Crippen LogP contribution is 2.29. The Labute approximate surface area is 190 Å². The van der Waals surface area contributed by atoms with Crippen molar-refractivity contribution < 1.29 is 9.53 Å². The molecule has 1 aromatic heterocycles. The molecule has 1 atom stereocenters. The largest absolute Gasteiger partial charge is 0.376 e. The first-order valence-electron chi connectivity index (χ1n) is 12.3. The zero-order chi connectivity index (χ0) is 21.8. The van der Waals surface area contributed by atoms with E-state index < -0.39 is 0 Å². The van der Waals surface area contributed by atoms with Crippen LogP contribution in [0.4, 0.5) is 0 Å². The van der Waals surface area contributed by atoms with Crippen LogP contribution in [-0.4, -0.2) is 75.4 Å². The maximum Gasteiger partial charge on any atom is 0.224 e. The maximum absolute atomic E-state index is 13.1. The van der Waals surface area contributed by atoms with Gasteiger partial charge in [-0.1, -0.05) is 24.3 Å². The lowest BCUT2D eigenvalue weighted by molar-refractivity contribution is -0.134. The van der Waals surface area contributed by atoms with Gasteiger partial charge in [-0.15, -0.1) is 0 Å². The highest BCUT2D eigenvalue weighted by atomic mass is 16.5. The van der Waals surface area contributed by atoms with Gasteiger partial charge in [0.2, 0.25) is 5.91 Å². The fourth-order valence-electron chi connectivity index (χ4n) is 5.63. The number of carbonyl (C=O) groups is 1. The van der Waals surface area contributed by atoms with Crippen molar-refractivity contribution in [2.75, 3.05) is 32.8 Å². The number of amides is 1. The van der Waals surface area contributed by atoms with Gasteiger partial charge in [0, 0.05) is 32.2 Å². The molecule has 1 amide bonds. The number of aryl methyl sites for hydroxylation is 1. The number of fused-ring (bicyclic) bond motifs is 1. The Bertz CT molecular complexity index is 847. The summed E-state index contributed by atoms with van der Waals surface area (Å²) in [5.74, 6) is 0.788. The number of likely N-dealkylation sites (tertiary alicyclic amines) is 1. The van der Waals surface area contributed by atoms with Gasteiger partial charge in [0.05, 0.1) is 12.6 Å². The molecule has 0 N–H and O–H groups in total. The van der Waals surface area contributed by atoms with Gasteiger partial charge in [0.1, 0.15) is 12.7 Å². The van der Waals surface area contributed by atoms with Crippen LogP contribution in [0.2, 0.25) is 0 Å². The average molecular weight is 438 g/mol. The van der Waals surface area contributed by atoms with Gasteiger partial charge in [-0.3, -0.25) is 14.4 Å². The van der Waals surface area contributed by atoms with Crippen molar-refractivity contribution in [3.8, 4) is 0 Å². The van der Waals surface area contributed by atoms with E-state index in [0.717, 1.165) is 45.6 Å². The Morgan fingerprint density at radius 3 is 2.53 bits per heavy atom. The minimum absolute atomic E-state index is 0.197. The van der Waals surface area contributed by atoms with Crippen LogP contribution in [0.3, 0.4) is 0 Å². The summed E-state index contributed by atoms with van der Waals surface area (Å²) in [5, 5.41) is 4.13. The summed E-state index contributed by atoms with van der Waals surface area (Å²) in [4.78, 5) is 21.8. The molecule has 5 rings (SSSR count). The fourth-order valence-corrected chi connectivity index (χ4v) is 5.63. The maximum atomic E-state index is 13.1. The lowest BCUT2D eigenvalue weighted by Crippen LogP contribution is -2.46. The molecule has 172 valence electrons. The molecule has 0 spiro atoms. The highest BCUT2D eigenvalue weighted by Gasteiger charge is 2.31. The molecule has 2 aromatic rings. The van der Waals surface area contributed by atoms with Crippen LogP contribution in [0.25, 0.3) is 0 Å². The minimum atomic E-state index is 0.197. The van der Waals surface area contributed by atoms with E-state index in [1.54, 1.807) is 11.0 Å². The van der Waals surface area contributed by atoms with E-state index in [-0.39, 0.29) is 12.0 Å². The second-order valence-electron chi connectivity index (χ2n) is 9.65. The summed E-state index contributed by atoms with van der Waals surface area (Å²) in [5.41, 5.74) is 3.06. The quantitative estimate of drug-likeness (QED) is 0.635. The van der Waals surface area contributed by atoms with Crippen molar-refractivity contribution in [3.63, 3.8) is 0 Å². The number of ether oxygens (including phenoxy) is 1. The van der Waals surface area contributed by atoms with E-state index in [9.17, 15) is 4.79 Å². The Kier molecular flexibility index (Phi) is 6.83. The van der Waals surface area contributed by atoms with Crippen molar-refractivity contribution in [1.82, 2.24) is 24.6 Å². The Hall–Kier alpha value is -2.25. The van der Waals surface area contributed by atoms with E-state index in [0.29, 0.717) is 24.9 Å². The Morgan fingerprint density at radius 2 is 1.88 bits per heavy atom. The molecular weight excluding hydrogens is 402 g/mol. The van der Waals surface area contributed by atoms with E-state index in [2.05, 4.69) is 44.1 Å². The SMILES string of the molecule is O=C(CCn1cncn1)N(CC1CCN(C2Cc3ccccc3C2)CC1)C[C@H]1CCCO1. The van der Waals surface area contributed by atoms with E-state index in [1.165, 1.54) is 43.1 Å². The van der Waals surface area contributed by atoms with Gasteiger partial charge in [-0.25, -0.2) is 4.98 Å². The molecule has 7 heteroatoms. The molecule has 32 heavy (non-hydrogen) atoms. The summed E-state index contributed by atoms with van der Waals surface area (Å²) >= 11 is 0. The summed E-state index contributed by atoms with van der Waals surface area (Å²) in [6.45, 7) is 5.28. The van der Waals surface area contributed by atoms with Crippen molar-refractivity contribution in [1.29, 1.82) is 0 Å². The van der Waals surface area contributed by atoms with Crippen LogP contribution in [0, 0.1) is 5.92 Å². The van der Waals surface area contributed by atoms with Crippen LogP contribution in [0.5, 0.6) is 0 Å². The van der Waals surface area contributed by atoms with Crippen molar-refractivity contribution in [3.05, 3.63) is 48.0 Å². The molecule has 1 aromatic carbocycles. The molecule has 2 fully saturated rings. The Balaban J connectivity index is 1.13. The van der Waals surface area contributed by atoms with Crippen LogP contribution in [0.1, 0.15) is 43.2 Å². The summed E-state index contributed by atoms with van der Waals surface area (Å²) in [7, 11) is 0. The lowest BCUT2D eigenvalue weighted by Gasteiger charge is -2.38. The molecule has 0 radical (unpaired) electrons. The number of piperidine rings is 1. The van der Waals surface area contributed by atoms with Crippen LogP contribution >= 0.6 is 0 Å². The predicted molar refractivity (Wildman–Crippen MR) is 122 cm³/mol. The van der Waals surface area contributed by atoms with E-state index >= 15 is 0 Å². The first kappa shape index (κ1) is 21.6. The number of hydrogen-bond donors (Lipinski definition) is 0. The second kappa shape index (κ2) is 10.1. The molecule has 2 aliphatic heterocycles. The molecule has 0 bridgehead atoms. The zero-order valence-electron chi connectivity index (χ0n) is 18.9. The van der Waals surface area contributed by atoms with Gasteiger partial charge in [0.15, 0.2) is 0 Å². The fraction of sp³-hybridized carbons (Fsp3) is 0.640. The lowest BCUT2D eigenvalue weighted by atomic mass is 9.94. The highest BCUT2D eigenvalue weighted by molar-refractivity contribution is 5.76. The van der Waals surface area contributed by atoms with Gasteiger partial charge >= 0.3 is 0 Å². The monoisotopic (exact) mass is 437 g/mol. The number of hydrogen-bond acceptors (Lipinski definition) is 5. The standard InChI is InChI=1S/C25H35N5O2/c31-25(9-12-30-19-26-18-27-30)29(17-24-6-3-13-32-24)16-20-7-10-28(11-8-20)23-14-21-4-1-2-5-22(21)15-23/h1-2,4-5,18-20,23-24H,3,6-17H2/t24-/m1/s1. The van der Waals surface area contributed by atoms with Crippen molar-refractivity contribution in [2.24, 2.45) is 5.92 Å². The minimum Gasteiger partial charge on any atom is -0.376 e. The van der Waals surface area contributed by atoms with Gasteiger partial charge in [-0.05, 0) is 68.7 Å². The summed E-state index contributed by atoms with van der Waals surface area (Å²) in [6.07, 6.45) is 10.7. The topological polar surface area (TPSA) is 63.5 Å². The molecule has 0 saturated carbocycles. The zero-order valence-corrected chi connectivity index (χ0v) is 18.9. The van der Waals surface area contributed by atoms with Crippen LogP contribution in [0.15, 0.2) is 36.9 Å². The summed E-state index contributed by atoms with van der Waals surface area (Å²) in [6, 6.07) is 9.55. The van der Waals surface area contributed by atoms with E-state index in [1.807, 2.05) is 0 Å². The van der Waals surface area contributed by atoms with Crippen molar-refractivity contribution in [2.45, 2.75) is 63.6 Å². The third-order valence-corrected chi connectivity index (χ3v) is 7.50. The van der Waals surface area contributed by atoms with Crippen molar-refractivity contribution >= 4 is 5.91 Å². The molecule has 3 aliphatic rings. The smallest absolute Gasteiger partial charge is 0.224 e. The molecule has 0 unspecified atom stereocenters. The van der Waals surface area contributed by atoms with Gasteiger partial charge < -0.3 is 9.64 Å². The van der Waals surface area contributed by atoms with E-state index in [4.69, 9.17) is 4.74 Å². The number of nitrogens with zero attached hydrogens (tertiary/aromatic N) is 5. The third-order valence-electron chi connectivity index (χ3n) is 7.50. The van der Waals surface area contributed by atoms with Crippen LogP contribution in [-0.2, 0) is 28.9 Å². The first-order valence-corrected chi connectivity index (χ1v) is 12.3. The predicted octanol–water partition coefficient (Wildman–Crippen LogP) is 2.56. The number of benzene rings is 1. The first-order chi connectivity index (χ1) is 15.7. The number of carbonyl (C=O) groups excluding carboxylic acids is 1. The molecular formula is C25H35N5O2.